The molecule has 1 saturated carbocycles. The molecule has 1 fully saturated rings. The standard InChI is InChI=1S/C13H19NO4S/c1-9-10(8-15)4-3-5-13(9)19(16,17)14-11-6-12(7-11)18-2/h3-5,11-12,14-15H,6-8H2,1-2H3. The number of ether oxygens (including phenoxy) is 1. The van der Waals surface area contributed by atoms with Crippen LogP contribution in [0.3, 0.4) is 0 Å². The lowest BCUT2D eigenvalue weighted by atomic mass is 9.90. The van der Waals surface area contributed by atoms with Crippen molar-refractivity contribution in [3.05, 3.63) is 29.3 Å². The van der Waals surface area contributed by atoms with Crippen molar-refractivity contribution in [3.8, 4) is 0 Å². The molecule has 0 spiro atoms. The first-order valence-corrected chi connectivity index (χ1v) is 7.70. The number of aliphatic hydroxyl groups excluding tert-OH is 1. The number of nitrogens with one attached hydrogen (secondary N) is 1. The normalized spacial score (nSPS) is 23.1. The summed E-state index contributed by atoms with van der Waals surface area (Å²) < 4.78 is 32.4. The molecule has 0 atom stereocenters. The van der Waals surface area contributed by atoms with Gasteiger partial charge in [-0.05, 0) is 37.0 Å². The average Bonchev–Trinajstić information content (AvgIpc) is 2.33. The molecule has 1 aromatic carbocycles. The van der Waals surface area contributed by atoms with Crippen LogP contribution in [-0.4, -0.2) is 32.8 Å². The first-order chi connectivity index (χ1) is 8.97. The lowest BCUT2D eigenvalue weighted by Gasteiger charge is -2.34. The average molecular weight is 285 g/mol. The second-order valence-corrected chi connectivity index (χ2v) is 6.53. The SMILES string of the molecule is COC1CC(NS(=O)(=O)c2cccc(CO)c2C)C1. The van der Waals surface area contributed by atoms with Gasteiger partial charge in [-0.25, -0.2) is 13.1 Å². The number of rotatable bonds is 5. The number of benzene rings is 1. The van der Waals surface area contributed by atoms with E-state index in [1.165, 1.54) is 0 Å². The van der Waals surface area contributed by atoms with Gasteiger partial charge in [-0.1, -0.05) is 12.1 Å². The van der Waals surface area contributed by atoms with E-state index >= 15 is 0 Å². The Kier molecular flexibility index (Phi) is 4.25. The minimum Gasteiger partial charge on any atom is -0.392 e. The van der Waals surface area contributed by atoms with E-state index in [0.29, 0.717) is 24.0 Å². The molecule has 19 heavy (non-hydrogen) atoms. The van der Waals surface area contributed by atoms with Crippen LogP contribution in [0.2, 0.25) is 0 Å². The molecule has 0 aromatic heterocycles. The summed E-state index contributed by atoms with van der Waals surface area (Å²) in [4.78, 5) is 0.236. The molecule has 0 bridgehead atoms. The predicted octanol–water partition coefficient (Wildman–Crippen LogP) is 0.943. The second-order valence-electron chi connectivity index (χ2n) is 4.85. The molecule has 0 radical (unpaired) electrons. The van der Waals surface area contributed by atoms with E-state index in [1.54, 1.807) is 32.2 Å². The first-order valence-electron chi connectivity index (χ1n) is 6.22. The van der Waals surface area contributed by atoms with Crippen molar-refractivity contribution in [3.63, 3.8) is 0 Å². The molecule has 0 heterocycles. The molecule has 1 aliphatic rings. The van der Waals surface area contributed by atoms with Gasteiger partial charge in [0.1, 0.15) is 0 Å². The quantitative estimate of drug-likeness (QED) is 0.844. The third-order valence-corrected chi connectivity index (χ3v) is 5.27. The Hall–Kier alpha value is -0.950. The summed E-state index contributed by atoms with van der Waals surface area (Å²) in [7, 11) is -1.90. The highest BCUT2D eigenvalue weighted by Crippen LogP contribution is 2.26. The van der Waals surface area contributed by atoms with Crippen LogP contribution in [0.5, 0.6) is 0 Å². The summed E-state index contributed by atoms with van der Waals surface area (Å²) in [5.41, 5.74) is 1.23. The third-order valence-electron chi connectivity index (χ3n) is 3.61. The van der Waals surface area contributed by atoms with Gasteiger partial charge in [0, 0.05) is 13.2 Å². The Labute approximate surface area is 113 Å². The molecule has 0 aliphatic heterocycles. The molecule has 0 saturated heterocycles. The van der Waals surface area contributed by atoms with Crippen LogP contribution in [-0.2, 0) is 21.4 Å². The molecule has 0 unspecified atom stereocenters. The van der Waals surface area contributed by atoms with Gasteiger partial charge in [0.2, 0.25) is 10.0 Å². The fraction of sp³-hybridized carbons (Fsp3) is 0.538. The number of hydrogen-bond acceptors (Lipinski definition) is 4. The zero-order valence-corrected chi connectivity index (χ0v) is 11.9. The van der Waals surface area contributed by atoms with Crippen molar-refractivity contribution in [1.29, 1.82) is 0 Å². The largest absolute Gasteiger partial charge is 0.392 e. The summed E-state index contributed by atoms with van der Waals surface area (Å²) in [6.07, 6.45) is 1.56. The van der Waals surface area contributed by atoms with E-state index in [-0.39, 0.29) is 23.6 Å². The van der Waals surface area contributed by atoms with Crippen LogP contribution < -0.4 is 4.72 Å². The van der Waals surface area contributed by atoms with Gasteiger partial charge < -0.3 is 9.84 Å². The number of methoxy groups -OCH3 is 1. The molecular formula is C13H19NO4S. The van der Waals surface area contributed by atoms with Gasteiger partial charge in [0.15, 0.2) is 0 Å². The molecular weight excluding hydrogens is 266 g/mol. The fourth-order valence-electron chi connectivity index (χ4n) is 2.26. The fourth-order valence-corrected chi connectivity index (χ4v) is 3.81. The Morgan fingerprint density at radius 3 is 2.68 bits per heavy atom. The third kappa shape index (κ3) is 2.97. The van der Waals surface area contributed by atoms with Gasteiger partial charge in [0.25, 0.3) is 0 Å². The molecule has 6 heteroatoms. The summed E-state index contributed by atoms with van der Waals surface area (Å²) >= 11 is 0. The van der Waals surface area contributed by atoms with E-state index in [9.17, 15) is 13.5 Å². The van der Waals surface area contributed by atoms with Crippen LogP contribution in [0.15, 0.2) is 23.1 Å². The molecule has 2 rings (SSSR count). The molecule has 106 valence electrons. The van der Waals surface area contributed by atoms with Crippen molar-refractivity contribution in [2.75, 3.05) is 7.11 Å². The number of aliphatic hydroxyl groups is 1. The maximum atomic E-state index is 12.3. The maximum absolute atomic E-state index is 12.3. The van der Waals surface area contributed by atoms with Gasteiger partial charge in [-0.15, -0.1) is 0 Å². The molecule has 2 N–H and O–H groups in total. The minimum atomic E-state index is -3.53. The van der Waals surface area contributed by atoms with Crippen molar-refractivity contribution < 1.29 is 18.3 Å². The second kappa shape index (κ2) is 5.58. The lowest BCUT2D eigenvalue weighted by molar-refractivity contribution is 0.0236. The Bertz CT molecular complexity index is 550. The molecule has 0 amide bonds. The molecule has 1 aliphatic carbocycles. The van der Waals surface area contributed by atoms with Gasteiger partial charge >= 0.3 is 0 Å². The van der Waals surface area contributed by atoms with Crippen LogP contribution in [0, 0.1) is 6.92 Å². The topological polar surface area (TPSA) is 75.6 Å². The van der Waals surface area contributed by atoms with Crippen LogP contribution >= 0.6 is 0 Å². The van der Waals surface area contributed by atoms with Crippen molar-refractivity contribution in [2.24, 2.45) is 0 Å². The van der Waals surface area contributed by atoms with E-state index in [4.69, 9.17) is 4.74 Å². The van der Waals surface area contributed by atoms with Crippen LogP contribution in [0.25, 0.3) is 0 Å². The Morgan fingerprint density at radius 2 is 2.11 bits per heavy atom. The van der Waals surface area contributed by atoms with E-state index in [2.05, 4.69) is 4.72 Å². The number of hydrogen-bond donors (Lipinski definition) is 2. The monoisotopic (exact) mass is 285 g/mol. The summed E-state index contributed by atoms with van der Waals surface area (Å²) in [6, 6.07) is 4.86. The molecule has 1 aromatic rings. The van der Waals surface area contributed by atoms with E-state index in [0.717, 1.165) is 0 Å². The maximum Gasteiger partial charge on any atom is 0.241 e. The highest BCUT2D eigenvalue weighted by atomic mass is 32.2. The Morgan fingerprint density at radius 1 is 1.42 bits per heavy atom. The van der Waals surface area contributed by atoms with Crippen molar-refractivity contribution >= 4 is 10.0 Å². The van der Waals surface area contributed by atoms with Gasteiger partial charge in [-0.3, -0.25) is 0 Å². The zero-order valence-electron chi connectivity index (χ0n) is 11.1. The highest BCUT2D eigenvalue weighted by molar-refractivity contribution is 7.89. The first kappa shape index (κ1) is 14.5. The zero-order chi connectivity index (χ0) is 14.0. The minimum absolute atomic E-state index is 0.0628. The summed E-state index contributed by atoms with van der Waals surface area (Å²) in [5, 5.41) is 9.18. The van der Waals surface area contributed by atoms with Crippen LogP contribution in [0.4, 0.5) is 0 Å². The van der Waals surface area contributed by atoms with Gasteiger partial charge in [-0.2, -0.15) is 0 Å². The highest BCUT2D eigenvalue weighted by Gasteiger charge is 2.33. The van der Waals surface area contributed by atoms with Crippen LogP contribution in [0.1, 0.15) is 24.0 Å². The van der Waals surface area contributed by atoms with E-state index < -0.39 is 10.0 Å². The van der Waals surface area contributed by atoms with E-state index in [1.807, 2.05) is 0 Å². The predicted molar refractivity (Wildman–Crippen MR) is 71.2 cm³/mol. The van der Waals surface area contributed by atoms with Crippen molar-refractivity contribution in [1.82, 2.24) is 4.72 Å². The smallest absolute Gasteiger partial charge is 0.241 e. The summed E-state index contributed by atoms with van der Waals surface area (Å²) in [6.45, 7) is 1.54. The number of sulfonamides is 1. The van der Waals surface area contributed by atoms with Crippen molar-refractivity contribution in [2.45, 2.75) is 43.4 Å². The summed E-state index contributed by atoms with van der Waals surface area (Å²) in [5.74, 6) is 0. The van der Waals surface area contributed by atoms with Gasteiger partial charge in [0.05, 0.1) is 17.6 Å². The molecule has 5 nitrogen and oxygen atoms in total. The Balaban J connectivity index is 2.16. The lowest BCUT2D eigenvalue weighted by Crippen LogP contribution is -2.47.